The van der Waals surface area contributed by atoms with Crippen molar-refractivity contribution in [3.05, 3.63) is 33.0 Å². The molecule has 1 amide bonds. The van der Waals surface area contributed by atoms with E-state index in [1.54, 1.807) is 0 Å². The molecule has 98 valence electrons. The van der Waals surface area contributed by atoms with Gasteiger partial charge in [0.15, 0.2) is 0 Å². The van der Waals surface area contributed by atoms with Gasteiger partial charge in [-0.3, -0.25) is 10.1 Å². The van der Waals surface area contributed by atoms with Gasteiger partial charge in [0.05, 0.1) is 5.02 Å². The highest BCUT2D eigenvalue weighted by atomic mass is 35.5. The highest BCUT2D eigenvalue weighted by Crippen LogP contribution is 2.42. The van der Waals surface area contributed by atoms with Crippen LogP contribution in [0.15, 0.2) is 12.1 Å². The number of anilines is 1. The molecule has 8 heteroatoms. The first-order chi connectivity index (χ1) is 9.13. The lowest BCUT2D eigenvalue weighted by molar-refractivity contribution is 0.102. The van der Waals surface area contributed by atoms with Crippen molar-refractivity contribution in [3.63, 3.8) is 0 Å². The highest BCUT2D eigenvalue weighted by molar-refractivity contribution is 7.15. The molecule has 2 aromatic heterocycles. The molecule has 19 heavy (non-hydrogen) atoms. The van der Waals surface area contributed by atoms with E-state index in [1.807, 2.05) is 0 Å². The molecule has 0 aliphatic heterocycles. The van der Waals surface area contributed by atoms with Crippen molar-refractivity contribution < 1.29 is 4.79 Å². The van der Waals surface area contributed by atoms with Crippen molar-refractivity contribution in [1.82, 2.24) is 15.2 Å². The number of nitrogens with one attached hydrogen (secondary N) is 1. The number of aromatic nitrogens is 3. The molecule has 2 heterocycles. The normalized spacial score (nSPS) is 14.4. The minimum Gasteiger partial charge on any atom is -0.295 e. The number of amides is 1. The highest BCUT2D eigenvalue weighted by Gasteiger charge is 2.28. The zero-order valence-corrected chi connectivity index (χ0v) is 11.9. The van der Waals surface area contributed by atoms with Crippen LogP contribution < -0.4 is 5.32 Å². The van der Waals surface area contributed by atoms with Crippen LogP contribution in [-0.2, 0) is 0 Å². The topological polar surface area (TPSA) is 67.8 Å². The number of carbonyl (C=O) groups is 1. The van der Waals surface area contributed by atoms with Gasteiger partial charge in [-0.1, -0.05) is 34.5 Å². The first-order valence-electron chi connectivity index (χ1n) is 5.60. The fourth-order valence-electron chi connectivity index (χ4n) is 1.51. The van der Waals surface area contributed by atoms with Gasteiger partial charge in [0.2, 0.25) is 5.13 Å². The maximum Gasteiger partial charge on any atom is 0.277 e. The zero-order valence-electron chi connectivity index (χ0n) is 9.56. The quantitative estimate of drug-likeness (QED) is 0.882. The van der Waals surface area contributed by atoms with Gasteiger partial charge in [-0.25, -0.2) is 4.98 Å². The minimum absolute atomic E-state index is 0.0809. The van der Waals surface area contributed by atoms with Crippen molar-refractivity contribution in [2.45, 2.75) is 18.8 Å². The predicted molar refractivity (Wildman–Crippen MR) is 74.1 cm³/mol. The molecule has 0 bridgehead atoms. The third kappa shape index (κ3) is 2.86. The van der Waals surface area contributed by atoms with E-state index in [2.05, 4.69) is 20.5 Å². The van der Waals surface area contributed by atoms with Crippen LogP contribution in [0, 0.1) is 0 Å². The van der Waals surface area contributed by atoms with Crippen LogP contribution in [0.5, 0.6) is 0 Å². The van der Waals surface area contributed by atoms with E-state index in [0.29, 0.717) is 11.0 Å². The molecule has 0 radical (unpaired) electrons. The van der Waals surface area contributed by atoms with E-state index in [4.69, 9.17) is 23.2 Å². The lowest BCUT2D eigenvalue weighted by atomic mass is 10.3. The average Bonchev–Trinajstić information content (AvgIpc) is 3.13. The molecule has 0 saturated heterocycles. The number of nitrogens with zero attached hydrogens (tertiary/aromatic N) is 3. The maximum absolute atomic E-state index is 12.0. The molecule has 5 nitrogen and oxygen atoms in total. The smallest absolute Gasteiger partial charge is 0.277 e. The number of hydrogen-bond donors (Lipinski definition) is 1. The fourth-order valence-corrected chi connectivity index (χ4v) is 2.76. The molecular formula is C11H8Cl2N4OS. The van der Waals surface area contributed by atoms with E-state index in [-0.39, 0.29) is 15.9 Å². The second-order valence-corrected chi connectivity index (χ2v) is 5.94. The second kappa shape index (κ2) is 5.03. The first-order valence-corrected chi connectivity index (χ1v) is 7.17. The Morgan fingerprint density at radius 1 is 1.32 bits per heavy atom. The molecule has 1 N–H and O–H groups in total. The average molecular weight is 315 g/mol. The van der Waals surface area contributed by atoms with Crippen LogP contribution in [0.4, 0.5) is 5.13 Å². The molecule has 0 aromatic carbocycles. The summed E-state index contributed by atoms with van der Waals surface area (Å²) in [5, 5.41) is 12.5. The van der Waals surface area contributed by atoms with Crippen LogP contribution in [0.2, 0.25) is 10.2 Å². The summed E-state index contributed by atoms with van der Waals surface area (Å²) < 4.78 is 0. The molecular weight excluding hydrogens is 307 g/mol. The number of rotatable bonds is 3. The summed E-state index contributed by atoms with van der Waals surface area (Å²) in [5.74, 6) is 0.0713. The van der Waals surface area contributed by atoms with Gasteiger partial charge in [0.25, 0.3) is 5.91 Å². The number of pyridine rings is 1. The Morgan fingerprint density at radius 2 is 2.11 bits per heavy atom. The Morgan fingerprint density at radius 3 is 2.84 bits per heavy atom. The van der Waals surface area contributed by atoms with Gasteiger partial charge in [0.1, 0.15) is 15.9 Å². The Balaban J connectivity index is 1.77. The zero-order chi connectivity index (χ0) is 13.4. The largest absolute Gasteiger partial charge is 0.295 e. The molecule has 0 spiro atoms. The monoisotopic (exact) mass is 314 g/mol. The van der Waals surface area contributed by atoms with Crippen molar-refractivity contribution >= 4 is 45.6 Å². The van der Waals surface area contributed by atoms with E-state index < -0.39 is 5.91 Å². The van der Waals surface area contributed by atoms with E-state index in [9.17, 15) is 4.79 Å². The first kappa shape index (κ1) is 12.8. The van der Waals surface area contributed by atoms with Gasteiger partial charge in [-0.15, -0.1) is 10.2 Å². The molecule has 1 aliphatic rings. The molecule has 1 fully saturated rings. The summed E-state index contributed by atoms with van der Waals surface area (Å²) in [4.78, 5) is 15.9. The molecule has 2 aromatic rings. The molecule has 0 atom stereocenters. The predicted octanol–water partition coefficient (Wildman–Crippen LogP) is 3.37. The molecule has 1 aliphatic carbocycles. The summed E-state index contributed by atoms with van der Waals surface area (Å²) in [5.41, 5.74) is 0.0809. The number of carbonyl (C=O) groups excluding carboxylic acids is 1. The lowest BCUT2D eigenvalue weighted by Gasteiger charge is -2.02. The van der Waals surface area contributed by atoms with Crippen molar-refractivity contribution in [2.24, 2.45) is 0 Å². The Labute approximate surface area is 123 Å². The van der Waals surface area contributed by atoms with Gasteiger partial charge in [0, 0.05) is 5.92 Å². The third-order valence-electron chi connectivity index (χ3n) is 2.61. The Bertz CT molecular complexity index is 641. The van der Waals surface area contributed by atoms with Crippen LogP contribution in [0.3, 0.4) is 0 Å². The second-order valence-electron chi connectivity index (χ2n) is 4.14. The summed E-state index contributed by atoms with van der Waals surface area (Å²) >= 11 is 13.0. The van der Waals surface area contributed by atoms with E-state index in [0.717, 1.165) is 17.8 Å². The van der Waals surface area contributed by atoms with Crippen LogP contribution in [0.25, 0.3) is 0 Å². The van der Waals surface area contributed by atoms with Crippen LogP contribution >= 0.6 is 34.5 Å². The summed E-state index contributed by atoms with van der Waals surface area (Å²) in [6, 6.07) is 3.05. The number of halogens is 2. The third-order valence-corrected chi connectivity index (χ3v) is 4.13. The molecule has 0 unspecified atom stereocenters. The molecule has 3 rings (SSSR count). The van der Waals surface area contributed by atoms with Crippen molar-refractivity contribution in [1.29, 1.82) is 0 Å². The van der Waals surface area contributed by atoms with E-state index >= 15 is 0 Å². The fraction of sp³-hybridized carbons (Fsp3) is 0.273. The minimum atomic E-state index is -0.439. The summed E-state index contributed by atoms with van der Waals surface area (Å²) in [6.07, 6.45) is 2.29. The van der Waals surface area contributed by atoms with Gasteiger partial charge in [-0.2, -0.15) is 0 Å². The van der Waals surface area contributed by atoms with Crippen molar-refractivity contribution in [3.8, 4) is 0 Å². The SMILES string of the molecule is O=C(Nc1nnc(C2CC2)s1)c1nc(Cl)ccc1Cl. The van der Waals surface area contributed by atoms with Gasteiger partial charge >= 0.3 is 0 Å². The van der Waals surface area contributed by atoms with Gasteiger partial charge in [-0.05, 0) is 25.0 Å². The van der Waals surface area contributed by atoms with E-state index in [1.165, 1.54) is 23.5 Å². The molecule has 1 saturated carbocycles. The van der Waals surface area contributed by atoms with Gasteiger partial charge < -0.3 is 0 Å². The van der Waals surface area contributed by atoms with Crippen molar-refractivity contribution in [2.75, 3.05) is 5.32 Å². The maximum atomic E-state index is 12.0. The number of hydrogen-bond acceptors (Lipinski definition) is 5. The summed E-state index contributed by atoms with van der Waals surface area (Å²) in [7, 11) is 0. The Hall–Kier alpha value is -1.24. The Kier molecular flexibility index (Phi) is 3.38. The summed E-state index contributed by atoms with van der Waals surface area (Å²) in [6.45, 7) is 0. The van der Waals surface area contributed by atoms with Crippen LogP contribution in [0.1, 0.15) is 34.3 Å². The lowest BCUT2D eigenvalue weighted by Crippen LogP contribution is -2.14. The van der Waals surface area contributed by atoms with Crippen LogP contribution in [-0.4, -0.2) is 21.1 Å². The standard InChI is InChI=1S/C11H8Cl2N4OS/c12-6-3-4-7(13)14-8(6)9(18)15-11-17-16-10(19-11)5-1-2-5/h3-5H,1-2H2,(H,15,17,18).